The summed E-state index contributed by atoms with van der Waals surface area (Å²) in [5.41, 5.74) is 7.05. The van der Waals surface area contributed by atoms with Gasteiger partial charge in [-0.25, -0.2) is 0 Å². The molecule has 4 aliphatic rings. The normalized spacial score (nSPS) is 18.8. The van der Waals surface area contributed by atoms with Gasteiger partial charge in [0.2, 0.25) is 11.8 Å². The smallest absolute Gasteiger partial charge is 0.305 e. The van der Waals surface area contributed by atoms with Crippen LogP contribution in [0.5, 0.6) is 0 Å². The molecular formula is C46H47ClN10O5S. The number of likely N-dealkylation sites (tertiary alicyclic amines) is 1. The Morgan fingerprint density at radius 1 is 1.03 bits per heavy atom. The predicted molar refractivity (Wildman–Crippen MR) is 238 cm³/mol. The van der Waals surface area contributed by atoms with Gasteiger partial charge in [0, 0.05) is 90.8 Å². The summed E-state index contributed by atoms with van der Waals surface area (Å²) in [5.74, 6) is 7.14. The van der Waals surface area contributed by atoms with Crippen molar-refractivity contribution in [3.8, 4) is 16.8 Å². The maximum absolute atomic E-state index is 13.2. The van der Waals surface area contributed by atoms with Gasteiger partial charge in [-0.3, -0.25) is 43.6 Å². The Morgan fingerprint density at radius 2 is 1.84 bits per heavy atom. The molecule has 3 amide bonds. The maximum Gasteiger partial charge on any atom is 0.305 e. The van der Waals surface area contributed by atoms with Crippen LogP contribution in [0, 0.1) is 25.7 Å². The largest absolute Gasteiger partial charge is 0.464 e. The van der Waals surface area contributed by atoms with E-state index in [4.69, 9.17) is 21.3 Å². The molecule has 17 heteroatoms. The van der Waals surface area contributed by atoms with Crippen LogP contribution in [-0.2, 0) is 32.2 Å². The molecule has 4 aliphatic heterocycles. The number of ether oxygens (including phenoxy) is 1. The average Bonchev–Trinajstić information content (AvgIpc) is 4.03. The summed E-state index contributed by atoms with van der Waals surface area (Å²) in [7, 11) is 0. The number of nitrogens with zero attached hydrogens (tertiary/aromatic N) is 8. The number of carbonyl (C=O) groups excluding carboxylic acids is 4. The number of imide groups is 1. The Kier molecular flexibility index (Phi) is 12.0. The lowest BCUT2D eigenvalue weighted by Gasteiger charge is -2.33. The standard InChI is InChI=1S/C46H47ClN10O5S/c1-27-38(63-46-41(27)42(31-10-12-32(47)13-11-31)49-28(2)43-53-52-29(3)57(43)46)15-9-30-24-48-55(25-30)19-5-8-40(59)62-23-22-54-20-17-33(18-21-54)50-36-7-4-6-34-35(36)26-56(45(34)61)37-14-16-39(58)51-44(37)60/h4,6-7,10-13,24-25,28,33,37,50H,5,8,14,16-23,26H2,1-3H3,(H,51,58,60)/t28-,37?/m0/s1. The van der Waals surface area contributed by atoms with Crippen LogP contribution in [0.2, 0.25) is 5.02 Å². The number of halogens is 1. The number of anilines is 1. The zero-order valence-electron chi connectivity index (χ0n) is 35.3. The number of thiophene rings is 1. The van der Waals surface area contributed by atoms with Crippen LogP contribution < -0.4 is 10.6 Å². The van der Waals surface area contributed by atoms with Crippen LogP contribution in [0.15, 0.2) is 59.9 Å². The van der Waals surface area contributed by atoms with Gasteiger partial charge in [0.25, 0.3) is 5.91 Å². The molecule has 5 aromatic rings. The number of piperidine rings is 2. The molecule has 2 atom stereocenters. The number of carbonyl (C=O) groups is 4. The second kappa shape index (κ2) is 17.9. The molecule has 2 aromatic carbocycles. The number of fused-ring (bicyclic) bond motifs is 4. The molecule has 0 radical (unpaired) electrons. The van der Waals surface area contributed by atoms with Crippen molar-refractivity contribution < 1.29 is 23.9 Å². The van der Waals surface area contributed by atoms with Gasteiger partial charge < -0.3 is 15.0 Å². The molecule has 0 bridgehead atoms. The van der Waals surface area contributed by atoms with E-state index in [0.717, 1.165) is 86.7 Å². The molecule has 3 aromatic heterocycles. The Balaban J connectivity index is 0.729. The van der Waals surface area contributed by atoms with E-state index in [1.165, 1.54) is 0 Å². The highest BCUT2D eigenvalue weighted by molar-refractivity contribution is 7.15. The number of rotatable bonds is 11. The van der Waals surface area contributed by atoms with Crippen LogP contribution >= 0.6 is 22.9 Å². The van der Waals surface area contributed by atoms with Crippen molar-refractivity contribution in [1.82, 2.24) is 39.7 Å². The third-order valence-electron chi connectivity index (χ3n) is 12.2. The lowest BCUT2D eigenvalue weighted by atomic mass is 9.99. The number of esters is 1. The van der Waals surface area contributed by atoms with Crippen LogP contribution in [0.1, 0.15) is 106 Å². The molecule has 2 fully saturated rings. The van der Waals surface area contributed by atoms with Crippen molar-refractivity contribution in [2.45, 2.75) is 90.5 Å². The lowest BCUT2D eigenvalue weighted by Crippen LogP contribution is -2.52. The first-order chi connectivity index (χ1) is 30.5. The summed E-state index contributed by atoms with van der Waals surface area (Å²) in [5, 5.41) is 21.0. The first-order valence-electron chi connectivity index (χ1n) is 21.4. The predicted octanol–water partition coefficient (Wildman–Crippen LogP) is 5.77. The molecule has 2 saturated heterocycles. The summed E-state index contributed by atoms with van der Waals surface area (Å²) < 4.78 is 9.50. The fourth-order valence-corrected chi connectivity index (χ4v) is 10.1. The molecule has 9 rings (SSSR count). The Labute approximate surface area is 373 Å². The molecule has 0 spiro atoms. The van der Waals surface area contributed by atoms with Gasteiger partial charge in [0.05, 0.1) is 22.3 Å². The monoisotopic (exact) mass is 886 g/mol. The van der Waals surface area contributed by atoms with Crippen molar-refractivity contribution in [1.29, 1.82) is 0 Å². The van der Waals surface area contributed by atoms with Gasteiger partial charge in [-0.05, 0) is 76.3 Å². The van der Waals surface area contributed by atoms with Crippen LogP contribution in [0.25, 0.3) is 5.00 Å². The van der Waals surface area contributed by atoms with Crippen molar-refractivity contribution in [3.63, 3.8) is 0 Å². The topological polar surface area (TPSA) is 169 Å². The zero-order valence-corrected chi connectivity index (χ0v) is 36.9. The Bertz CT molecular complexity index is 2700. The van der Waals surface area contributed by atoms with E-state index in [1.54, 1.807) is 33.2 Å². The van der Waals surface area contributed by atoms with Gasteiger partial charge in [0.15, 0.2) is 5.82 Å². The third kappa shape index (κ3) is 8.78. The van der Waals surface area contributed by atoms with Gasteiger partial charge in [-0.15, -0.1) is 21.5 Å². The van der Waals surface area contributed by atoms with E-state index >= 15 is 0 Å². The summed E-state index contributed by atoms with van der Waals surface area (Å²) in [6.07, 6.45) is 6.88. The van der Waals surface area contributed by atoms with E-state index in [0.29, 0.717) is 49.7 Å². The van der Waals surface area contributed by atoms with Gasteiger partial charge >= 0.3 is 5.97 Å². The quantitative estimate of drug-likeness (QED) is 0.0945. The Morgan fingerprint density at radius 3 is 2.63 bits per heavy atom. The molecule has 324 valence electrons. The number of hydrogen-bond acceptors (Lipinski definition) is 12. The average molecular weight is 887 g/mol. The molecule has 0 saturated carbocycles. The number of benzene rings is 2. The van der Waals surface area contributed by atoms with Crippen LogP contribution in [0.3, 0.4) is 0 Å². The fourth-order valence-electron chi connectivity index (χ4n) is 8.76. The highest BCUT2D eigenvalue weighted by atomic mass is 35.5. The van der Waals surface area contributed by atoms with Crippen LogP contribution in [-0.4, -0.2) is 102 Å². The van der Waals surface area contributed by atoms with E-state index in [1.807, 2.05) is 56.4 Å². The lowest BCUT2D eigenvalue weighted by molar-refractivity contribution is -0.144. The number of aryl methyl sites for hydroxylation is 2. The second-order valence-corrected chi connectivity index (χ2v) is 17.8. The zero-order chi connectivity index (χ0) is 43.8. The molecular weight excluding hydrogens is 840 g/mol. The van der Waals surface area contributed by atoms with Crippen molar-refractivity contribution in [2.24, 2.45) is 4.99 Å². The number of amides is 3. The number of nitrogens with one attached hydrogen (secondary N) is 2. The third-order valence-corrected chi connectivity index (χ3v) is 13.6. The molecule has 2 N–H and O–H groups in total. The Hall–Kier alpha value is -6.15. The highest BCUT2D eigenvalue weighted by Gasteiger charge is 2.40. The first-order valence-corrected chi connectivity index (χ1v) is 22.6. The van der Waals surface area contributed by atoms with E-state index < -0.39 is 11.9 Å². The number of aliphatic imine (C=N–C) groups is 1. The fraction of sp³-hybridized carbons (Fsp3) is 0.391. The summed E-state index contributed by atoms with van der Waals surface area (Å²) in [4.78, 5) is 60.0. The second-order valence-electron chi connectivity index (χ2n) is 16.4. The molecule has 0 aliphatic carbocycles. The molecule has 7 heterocycles. The molecule has 63 heavy (non-hydrogen) atoms. The van der Waals surface area contributed by atoms with Crippen molar-refractivity contribution in [3.05, 3.63) is 110 Å². The molecule has 1 unspecified atom stereocenters. The number of aromatic nitrogens is 5. The van der Waals surface area contributed by atoms with Crippen LogP contribution in [0.4, 0.5) is 5.69 Å². The van der Waals surface area contributed by atoms with Crippen molar-refractivity contribution >= 4 is 58.0 Å². The highest BCUT2D eigenvalue weighted by Crippen LogP contribution is 2.39. The van der Waals surface area contributed by atoms with E-state index in [2.05, 4.69) is 54.2 Å². The van der Waals surface area contributed by atoms with Gasteiger partial charge in [-0.1, -0.05) is 41.6 Å². The van der Waals surface area contributed by atoms with Crippen molar-refractivity contribution in [2.75, 3.05) is 31.6 Å². The maximum atomic E-state index is 13.2. The van der Waals surface area contributed by atoms with E-state index in [9.17, 15) is 19.2 Å². The minimum atomic E-state index is -0.643. The molecule has 15 nitrogen and oxygen atoms in total. The minimum absolute atomic E-state index is 0.178. The van der Waals surface area contributed by atoms with E-state index in [-0.39, 0.29) is 42.7 Å². The minimum Gasteiger partial charge on any atom is -0.464 e. The summed E-state index contributed by atoms with van der Waals surface area (Å²) >= 11 is 7.83. The number of hydrogen-bond donors (Lipinski definition) is 2. The summed E-state index contributed by atoms with van der Waals surface area (Å²) in [6, 6.07) is 12.8. The first kappa shape index (κ1) is 42.2. The SMILES string of the molecule is Cc1c(C#Cc2cnn(CCCC(=O)OCCN3CCC(Nc4cccc5c4CN(C4CCC(=O)NC4=O)C5=O)CC3)c2)sc2c1C(c1ccc(Cl)cc1)=N[C@@H](C)c1nnc(C)n1-2. The van der Waals surface area contributed by atoms with Gasteiger partial charge in [-0.2, -0.15) is 5.10 Å². The van der Waals surface area contributed by atoms with Gasteiger partial charge in [0.1, 0.15) is 29.5 Å². The summed E-state index contributed by atoms with van der Waals surface area (Å²) in [6.45, 7) is 9.65.